The van der Waals surface area contributed by atoms with Crippen molar-refractivity contribution in [1.29, 1.82) is 0 Å². The zero-order valence-corrected chi connectivity index (χ0v) is 12.7. The number of hydrogen-bond acceptors (Lipinski definition) is 3. The molecule has 0 unspecified atom stereocenters. The Hall–Kier alpha value is -1.65. The number of nitrogens with one attached hydrogen (secondary N) is 1. The zero-order valence-electron chi connectivity index (χ0n) is 12.7. The van der Waals surface area contributed by atoms with Gasteiger partial charge in [0.25, 0.3) is 0 Å². The van der Waals surface area contributed by atoms with Crippen molar-refractivity contribution in [1.82, 2.24) is 14.9 Å². The molecule has 20 heavy (non-hydrogen) atoms. The molecule has 0 saturated heterocycles. The SMILES string of the molecule is COCC(C)(C)NCc1cnc(C)n1-c1ccccc1. The summed E-state index contributed by atoms with van der Waals surface area (Å²) in [6.07, 6.45) is 1.93. The van der Waals surface area contributed by atoms with Crippen LogP contribution in [-0.2, 0) is 11.3 Å². The Morgan fingerprint density at radius 3 is 2.60 bits per heavy atom. The van der Waals surface area contributed by atoms with Crippen LogP contribution in [0.1, 0.15) is 25.4 Å². The molecule has 1 aromatic carbocycles. The molecule has 2 aromatic rings. The van der Waals surface area contributed by atoms with E-state index < -0.39 is 0 Å². The van der Waals surface area contributed by atoms with Crippen LogP contribution in [-0.4, -0.2) is 28.8 Å². The third kappa shape index (κ3) is 3.46. The second kappa shape index (κ2) is 6.20. The number of rotatable bonds is 6. The van der Waals surface area contributed by atoms with E-state index in [1.165, 1.54) is 0 Å². The van der Waals surface area contributed by atoms with Crippen molar-refractivity contribution in [2.24, 2.45) is 0 Å². The van der Waals surface area contributed by atoms with Gasteiger partial charge in [-0.05, 0) is 32.9 Å². The average molecular weight is 273 g/mol. The van der Waals surface area contributed by atoms with Crippen LogP contribution in [0, 0.1) is 6.92 Å². The Morgan fingerprint density at radius 1 is 1.25 bits per heavy atom. The van der Waals surface area contributed by atoms with Crippen LogP contribution in [0.4, 0.5) is 0 Å². The molecule has 0 aliphatic carbocycles. The Kier molecular flexibility index (Phi) is 4.57. The number of benzene rings is 1. The summed E-state index contributed by atoms with van der Waals surface area (Å²) in [6, 6.07) is 10.3. The minimum Gasteiger partial charge on any atom is -0.383 e. The van der Waals surface area contributed by atoms with Gasteiger partial charge in [-0.1, -0.05) is 18.2 Å². The topological polar surface area (TPSA) is 39.1 Å². The van der Waals surface area contributed by atoms with Crippen LogP contribution in [0.5, 0.6) is 0 Å². The fraction of sp³-hybridized carbons (Fsp3) is 0.438. The van der Waals surface area contributed by atoms with E-state index in [2.05, 4.69) is 40.8 Å². The molecule has 1 aromatic heterocycles. The van der Waals surface area contributed by atoms with Gasteiger partial charge < -0.3 is 10.1 Å². The summed E-state index contributed by atoms with van der Waals surface area (Å²) in [7, 11) is 1.72. The molecule has 1 N–H and O–H groups in total. The number of ether oxygens (including phenoxy) is 1. The van der Waals surface area contributed by atoms with Gasteiger partial charge in [0, 0.05) is 24.9 Å². The quantitative estimate of drug-likeness (QED) is 0.879. The minimum atomic E-state index is -0.0611. The molecule has 0 radical (unpaired) electrons. The Morgan fingerprint density at radius 2 is 1.95 bits per heavy atom. The van der Waals surface area contributed by atoms with Crippen LogP contribution < -0.4 is 5.32 Å². The summed E-state index contributed by atoms with van der Waals surface area (Å²) in [6.45, 7) is 7.72. The Balaban J connectivity index is 2.18. The van der Waals surface area contributed by atoms with Gasteiger partial charge in [0.15, 0.2) is 0 Å². The van der Waals surface area contributed by atoms with Gasteiger partial charge in [0.1, 0.15) is 5.82 Å². The van der Waals surface area contributed by atoms with E-state index in [4.69, 9.17) is 4.74 Å². The Labute approximate surface area is 120 Å². The predicted molar refractivity (Wildman–Crippen MR) is 81.1 cm³/mol. The normalized spacial score (nSPS) is 11.8. The molecule has 0 amide bonds. The molecule has 0 saturated carbocycles. The van der Waals surface area contributed by atoms with Crippen molar-refractivity contribution < 1.29 is 4.74 Å². The fourth-order valence-corrected chi connectivity index (χ4v) is 2.29. The van der Waals surface area contributed by atoms with E-state index in [0.717, 1.165) is 23.8 Å². The minimum absolute atomic E-state index is 0.0611. The lowest BCUT2D eigenvalue weighted by atomic mass is 10.1. The number of nitrogens with zero attached hydrogens (tertiary/aromatic N) is 2. The highest BCUT2D eigenvalue weighted by molar-refractivity contribution is 5.35. The van der Waals surface area contributed by atoms with Gasteiger partial charge in [0.05, 0.1) is 18.5 Å². The van der Waals surface area contributed by atoms with Crippen molar-refractivity contribution in [3.8, 4) is 5.69 Å². The van der Waals surface area contributed by atoms with E-state index in [9.17, 15) is 0 Å². The maximum Gasteiger partial charge on any atom is 0.110 e. The van der Waals surface area contributed by atoms with Crippen LogP contribution in [0.3, 0.4) is 0 Å². The maximum atomic E-state index is 5.23. The molecule has 0 aliphatic heterocycles. The smallest absolute Gasteiger partial charge is 0.110 e. The molecule has 0 fully saturated rings. The number of hydrogen-bond donors (Lipinski definition) is 1. The van der Waals surface area contributed by atoms with Crippen LogP contribution in [0.15, 0.2) is 36.5 Å². The van der Waals surface area contributed by atoms with Crippen molar-refractivity contribution in [2.45, 2.75) is 32.9 Å². The highest BCUT2D eigenvalue weighted by Gasteiger charge is 2.18. The summed E-state index contributed by atoms with van der Waals surface area (Å²) in [5.41, 5.74) is 2.23. The highest BCUT2D eigenvalue weighted by Crippen LogP contribution is 2.15. The summed E-state index contributed by atoms with van der Waals surface area (Å²) in [5.74, 6) is 0.998. The first-order valence-corrected chi connectivity index (χ1v) is 6.86. The van der Waals surface area contributed by atoms with E-state index in [0.29, 0.717) is 6.61 Å². The fourth-order valence-electron chi connectivity index (χ4n) is 2.29. The van der Waals surface area contributed by atoms with Crippen molar-refractivity contribution >= 4 is 0 Å². The van der Waals surface area contributed by atoms with Crippen LogP contribution >= 0.6 is 0 Å². The van der Waals surface area contributed by atoms with Gasteiger partial charge in [-0.3, -0.25) is 4.57 Å². The van der Waals surface area contributed by atoms with Crippen LogP contribution in [0.2, 0.25) is 0 Å². The molecule has 108 valence electrons. The third-order valence-corrected chi connectivity index (χ3v) is 3.28. The lowest BCUT2D eigenvalue weighted by Gasteiger charge is -2.25. The van der Waals surface area contributed by atoms with Crippen molar-refractivity contribution in [2.75, 3.05) is 13.7 Å². The molecule has 1 heterocycles. The molecular formula is C16H23N3O. The number of imidazole rings is 1. The number of aryl methyl sites for hydroxylation is 1. The largest absolute Gasteiger partial charge is 0.383 e. The number of methoxy groups -OCH3 is 1. The number of aromatic nitrogens is 2. The molecule has 4 heteroatoms. The van der Waals surface area contributed by atoms with Gasteiger partial charge in [-0.25, -0.2) is 4.98 Å². The molecule has 0 bridgehead atoms. The number of para-hydroxylation sites is 1. The lowest BCUT2D eigenvalue weighted by molar-refractivity contribution is 0.127. The second-order valence-corrected chi connectivity index (χ2v) is 5.64. The molecule has 0 atom stereocenters. The van der Waals surface area contributed by atoms with E-state index >= 15 is 0 Å². The lowest BCUT2D eigenvalue weighted by Crippen LogP contribution is -2.43. The van der Waals surface area contributed by atoms with E-state index in [1.54, 1.807) is 7.11 Å². The van der Waals surface area contributed by atoms with Crippen molar-refractivity contribution in [3.63, 3.8) is 0 Å². The zero-order chi connectivity index (χ0) is 14.6. The Bertz CT molecular complexity index is 546. The van der Waals surface area contributed by atoms with Gasteiger partial charge >= 0.3 is 0 Å². The average Bonchev–Trinajstić information content (AvgIpc) is 2.79. The molecule has 2 rings (SSSR count). The predicted octanol–water partition coefficient (Wildman–Crippen LogP) is 2.70. The van der Waals surface area contributed by atoms with Gasteiger partial charge in [-0.15, -0.1) is 0 Å². The molecule has 4 nitrogen and oxygen atoms in total. The molecule has 0 spiro atoms. The third-order valence-electron chi connectivity index (χ3n) is 3.28. The monoisotopic (exact) mass is 273 g/mol. The van der Waals surface area contributed by atoms with Gasteiger partial charge in [0.2, 0.25) is 0 Å². The van der Waals surface area contributed by atoms with E-state index in [-0.39, 0.29) is 5.54 Å². The first kappa shape index (κ1) is 14.8. The summed E-state index contributed by atoms with van der Waals surface area (Å²) in [4.78, 5) is 4.43. The first-order valence-electron chi connectivity index (χ1n) is 6.86. The standard InChI is InChI=1S/C16H23N3O/c1-13-17-10-15(11-18-16(2,3)12-20-4)19(13)14-8-6-5-7-9-14/h5-10,18H,11-12H2,1-4H3. The summed E-state index contributed by atoms with van der Waals surface area (Å²) in [5, 5.41) is 3.51. The second-order valence-electron chi connectivity index (χ2n) is 5.64. The first-order chi connectivity index (χ1) is 9.53. The van der Waals surface area contributed by atoms with E-state index in [1.807, 2.05) is 31.3 Å². The summed E-state index contributed by atoms with van der Waals surface area (Å²) >= 11 is 0. The molecule has 0 aliphatic rings. The van der Waals surface area contributed by atoms with Crippen molar-refractivity contribution in [3.05, 3.63) is 48.0 Å². The van der Waals surface area contributed by atoms with Crippen LogP contribution in [0.25, 0.3) is 5.69 Å². The highest BCUT2D eigenvalue weighted by atomic mass is 16.5. The molecular weight excluding hydrogens is 250 g/mol. The van der Waals surface area contributed by atoms with Gasteiger partial charge in [-0.2, -0.15) is 0 Å². The summed E-state index contributed by atoms with van der Waals surface area (Å²) < 4.78 is 7.41. The maximum absolute atomic E-state index is 5.23.